The van der Waals surface area contributed by atoms with Gasteiger partial charge in [-0.25, -0.2) is 0 Å². The first-order valence-corrected chi connectivity index (χ1v) is 4.93. The third-order valence-corrected chi connectivity index (χ3v) is 1.84. The third kappa shape index (κ3) is 5.91. The zero-order chi connectivity index (χ0) is 13.3. The molecule has 0 radical (unpaired) electrons. The Balaban J connectivity index is 0.00000121. The molecular formula is C11H15F3N2O. The van der Waals surface area contributed by atoms with Crippen LogP contribution in [0.3, 0.4) is 0 Å². The maximum absolute atomic E-state index is 12.4. The fourth-order valence-electron chi connectivity index (χ4n) is 1.11. The molecule has 0 spiro atoms. The molecule has 1 rings (SSSR count). The Morgan fingerprint density at radius 1 is 1.29 bits per heavy atom. The number of para-hydroxylation sites is 1. The van der Waals surface area contributed by atoms with Gasteiger partial charge in [-0.3, -0.25) is 0 Å². The number of aldehydes is 1. The first-order valence-electron chi connectivity index (χ1n) is 4.93. The predicted molar refractivity (Wildman–Crippen MR) is 60.7 cm³/mol. The predicted octanol–water partition coefficient (Wildman–Crippen LogP) is 2.19. The first kappa shape index (κ1) is 15.4. The minimum absolute atomic E-state index is 0.258. The summed E-state index contributed by atoms with van der Waals surface area (Å²) in [6.45, 7) is 0. The molecule has 0 aliphatic heterocycles. The molecule has 0 aliphatic rings. The van der Waals surface area contributed by atoms with Crippen LogP contribution in [0.2, 0.25) is 0 Å². The zero-order valence-corrected chi connectivity index (χ0v) is 9.37. The van der Waals surface area contributed by atoms with Crippen LogP contribution in [0, 0.1) is 0 Å². The highest BCUT2D eigenvalue weighted by atomic mass is 19.4. The Labute approximate surface area is 97.8 Å². The lowest BCUT2D eigenvalue weighted by Crippen LogP contribution is -2.36. The Hall–Kier alpha value is -1.56. The van der Waals surface area contributed by atoms with E-state index in [1.165, 1.54) is 19.2 Å². The molecule has 1 aromatic carbocycles. The average Bonchev–Trinajstić information content (AvgIpc) is 2.31. The van der Waals surface area contributed by atoms with Crippen LogP contribution < -0.4 is 11.1 Å². The van der Waals surface area contributed by atoms with Crippen molar-refractivity contribution in [2.24, 2.45) is 5.73 Å². The summed E-state index contributed by atoms with van der Waals surface area (Å²) in [5, 5.41) is 2.26. The molecule has 0 bridgehead atoms. The van der Waals surface area contributed by atoms with E-state index in [4.69, 9.17) is 0 Å². The van der Waals surface area contributed by atoms with E-state index in [2.05, 4.69) is 11.1 Å². The number of anilines is 1. The van der Waals surface area contributed by atoms with E-state index in [0.717, 1.165) is 0 Å². The fraction of sp³-hybridized carbons (Fsp3) is 0.364. The van der Waals surface area contributed by atoms with E-state index in [1.807, 2.05) is 0 Å². The van der Waals surface area contributed by atoms with Gasteiger partial charge in [0.15, 0.2) is 0 Å². The van der Waals surface area contributed by atoms with E-state index < -0.39 is 18.6 Å². The molecule has 17 heavy (non-hydrogen) atoms. The van der Waals surface area contributed by atoms with Gasteiger partial charge in [-0.1, -0.05) is 18.2 Å². The molecule has 0 amide bonds. The number of nitrogens with two attached hydrogens (primary N) is 1. The van der Waals surface area contributed by atoms with E-state index in [1.54, 1.807) is 18.2 Å². The maximum Gasteiger partial charge on any atom is 0.408 e. The average molecular weight is 248 g/mol. The van der Waals surface area contributed by atoms with Crippen molar-refractivity contribution in [3.05, 3.63) is 30.3 Å². The fourth-order valence-corrected chi connectivity index (χ4v) is 1.11. The van der Waals surface area contributed by atoms with Gasteiger partial charge in [0.05, 0.1) is 0 Å². The molecule has 0 aromatic heterocycles. The van der Waals surface area contributed by atoms with Gasteiger partial charge in [-0.05, 0) is 19.2 Å². The molecule has 96 valence electrons. The van der Waals surface area contributed by atoms with Crippen molar-refractivity contribution in [2.45, 2.75) is 18.6 Å². The van der Waals surface area contributed by atoms with Crippen LogP contribution in [0.25, 0.3) is 0 Å². The lowest BCUT2D eigenvalue weighted by Gasteiger charge is -2.20. The summed E-state index contributed by atoms with van der Waals surface area (Å²) in [5.74, 6) is 0. The number of carbonyl (C=O) groups is 1. The number of hydrogen-bond acceptors (Lipinski definition) is 3. The van der Waals surface area contributed by atoms with Crippen molar-refractivity contribution >= 4 is 12.0 Å². The van der Waals surface area contributed by atoms with Crippen LogP contribution in [0.4, 0.5) is 18.9 Å². The summed E-state index contributed by atoms with van der Waals surface area (Å²) >= 11 is 0. The van der Waals surface area contributed by atoms with Crippen molar-refractivity contribution in [3.63, 3.8) is 0 Å². The standard InChI is InChI=1S/C10H10F3NO.CH5N/c11-10(12,13)9(6-7-15)14-8-4-2-1-3-5-8;1-2/h1-5,7,9,14H,6H2;2H2,1H3. The van der Waals surface area contributed by atoms with E-state index in [9.17, 15) is 18.0 Å². The normalized spacial score (nSPS) is 12.1. The van der Waals surface area contributed by atoms with E-state index in [0.29, 0.717) is 5.69 Å². The van der Waals surface area contributed by atoms with Crippen LogP contribution in [0.1, 0.15) is 6.42 Å². The minimum Gasteiger partial charge on any atom is -0.374 e. The van der Waals surface area contributed by atoms with Crippen LogP contribution in [0.15, 0.2) is 30.3 Å². The molecule has 6 heteroatoms. The lowest BCUT2D eigenvalue weighted by molar-refractivity contribution is -0.146. The molecule has 3 N–H and O–H groups in total. The monoisotopic (exact) mass is 248 g/mol. The van der Waals surface area contributed by atoms with Gasteiger partial charge >= 0.3 is 6.18 Å². The molecule has 0 aliphatic carbocycles. The van der Waals surface area contributed by atoms with E-state index in [-0.39, 0.29) is 6.29 Å². The Kier molecular flexibility index (Phi) is 6.97. The quantitative estimate of drug-likeness (QED) is 0.803. The number of rotatable bonds is 4. The molecule has 0 saturated carbocycles. The maximum atomic E-state index is 12.4. The van der Waals surface area contributed by atoms with Crippen molar-refractivity contribution < 1.29 is 18.0 Å². The molecular weight excluding hydrogens is 233 g/mol. The van der Waals surface area contributed by atoms with Gasteiger partial charge in [-0.15, -0.1) is 0 Å². The van der Waals surface area contributed by atoms with Gasteiger partial charge in [0, 0.05) is 12.1 Å². The third-order valence-electron chi connectivity index (χ3n) is 1.84. The zero-order valence-electron chi connectivity index (χ0n) is 9.37. The smallest absolute Gasteiger partial charge is 0.374 e. The largest absolute Gasteiger partial charge is 0.408 e. The van der Waals surface area contributed by atoms with Gasteiger partial charge < -0.3 is 15.8 Å². The second-order valence-electron chi connectivity index (χ2n) is 3.01. The summed E-state index contributed by atoms with van der Waals surface area (Å²) < 4.78 is 37.1. The Morgan fingerprint density at radius 3 is 2.24 bits per heavy atom. The molecule has 1 unspecified atom stereocenters. The topological polar surface area (TPSA) is 55.1 Å². The van der Waals surface area contributed by atoms with Gasteiger partial charge in [0.2, 0.25) is 0 Å². The number of carbonyl (C=O) groups excluding carboxylic acids is 1. The number of halogens is 3. The van der Waals surface area contributed by atoms with Crippen LogP contribution >= 0.6 is 0 Å². The van der Waals surface area contributed by atoms with Gasteiger partial charge in [0.1, 0.15) is 12.3 Å². The summed E-state index contributed by atoms with van der Waals surface area (Å²) in [6, 6.07) is 6.16. The SMILES string of the molecule is CN.O=CCC(Nc1ccccc1)C(F)(F)F. The summed E-state index contributed by atoms with van der Waals surface area (Å²) in [6.07, 6.45) is -4.75. The van der Waals surface area contributed by atoms with Gasteiger partial charge in [-0.2, -0.15) is 13.2 Å². The molecule has 0 fully saturated rings. The summed E-state index contributed by atoms with van der Waals surface area (Å²) in [4.78, 5) is 10.1. The van der Waals surface area contributed by atoms with Crippen molar-refractivity contribution in [3.8, 4) is 0 Å². The van der Waals surface area contributed by atoms with Gasteiger partial charge in [0.25, 0.3) is 0 Å². The second-order valence-corrected chi connectivity index (χ2v) is 3.01. The Morgan fingerprint density at radius 2 is 1.82 bits per heavy atom. The molecule has 1 aromatic rings. The summed E-state index contributed by atoms with van der Waals surface area (Å²) in [7, 11) is 1.50. The minimum atomic E-state index is -4.42. The molecule has 0 saturated heterocycles. The first-order chi connectivity index (χ1) is 8.04. The molecule has 0 heterocycles. The highest BCUT2D eigenvalue weighted by Crippen LogP contribution is 2.25. The van der Waals surface area contributed by atoms with Crippen molar-refractivity contribution in [1.82, 2.24) is 0 Å². The van der Waals surface area contributed by atoms with E-state index >= 15 is 0 Å². The number of alkyl halides is 3. The summed E-state index contributed by atoms with van der Waals surface area (Å²) in [5.41, 5.74) is 4.85. The van der Waals surface area contributed by atoms with Crippen LogP contribution in [-0.4, -0.2) is 25.6 Å². The van der Waals surface area contributed by atoms with Crippen molar-refractivity contribution in [2.75, 3.05) is 12.4 Å². The van der Waals surface area contributed by atoms with Crippen LogP contribution in [0.5, 0.6) is 0 Å². The molecule has 3 nitrogen and oxygen atoms in total. The van der Waals surface area contributed by atoms with Crippen LogP contribution in [-0.2, 0) is 4.79 Å². The molecule has 1 atom stereocenters. The highest BCUT2D eigenvalue weighted by molar-refractivity contribution is 5.53. The number of nitrogens with one attached hydrogen (secondary N) is 1. The van der Waals surface area contributed by atoms with Crippen molar-refractivity contribution in [1.29, 1.82) is 0 Å². The number of benzene rings is 1. The highest BCUT2D eigenvalue weighted by Gasteiger charge is 2.39. The lowest BCUT2D eigenvalue weighted by atomic mass is 10.2. The second kappa shape index (κ2) is 7.67. The number of hydrogen-bond donors (Lipinski definition) is 2. The Bertz CT molecular complexity index is 314.